The van der Waals surface area contributed by atoms with Gasteiger partial charge in [0.2, 0.25) is 0 Å². The Balaban J connectivity index is 2.16. The fraction of sp³-hybridized carbons (Fsp3) is 0.0556. The zero-order valence-corrected chi connectivity index (χ0v) is 12.0. The molecule has 0 spiro atoms. The number of esters is 2. The van der Waals surface area contributed by atoms with Crippen molar-refractivity contribution in [2.45, 2.75) is 5.79 Å². The second-order valence-electron chi connectivity index (χ2n) is 4.85. The summed E-state index contributed by atoms with van der Waals surface area (Å²) in [4.78, 5) is 36.7. The number of hydrogen-bond donors (Lipinski definition) is 0. The lowest BCUT2D eigenvalue weighted by Crippen LogP contribution is -2.43. The maximum absolute atomic E-state index is 13.0. The van der Waals surface area contributed by atoms with Gasteiger partial charge in [-0.2, -0.15) is 0 Å². The monoisotopic (exact) mass is 308 g/mol. The minimum atomic E-state index is -2.14. The van der Waals surface area contributed by atoms with E-state index in [-0.39, 0.29) is 11.1 Å². The predicted molar refractivity (Wildman–Crippen MR) is 80.2 cm³/mol. The van der Waals surface area contributed by atoms with Gasteiger partial charge in [-0.05, 0) is 0 Å². The Labute approximate surface area is 132 Å². The molecule has 5 nitrogen and oxygen atoms in total. The highest BCUT2D eigenvalue weighted by Crippen LogP contribution is 2.33. The largest absolute Gasteiger partial charge is 0.407 e. The van der Waals surface area contributed by atoms with Crippen molar-refractivity contribution in [3.63, 3.8) is 0 Å². The van der Waals surface area contributed by atoms with Crippen molar-refractivity contribution in [3.8, 4) is 0 Å². The van der Waals surface area contributed by atoms with Crippen molar-refractivity contribution in [2.24, 2.45) is 0 Å². The van der Waals surface area contributed by atoms with Crippen LogP contribution in [0.25, 0.3) is 0 Å². The predicted octanol–water partition coefficient (Wildman–Crippen LogP) is 2.38. The van der Waals surface area contributed by atoms with Crippen molar-refractivity contribution in [3.05, 3.63) is 83.9 Å². The molecule has 1 aliphatic heterocycles. The number of carbonyl (C=O) groups is 3. The summed E-state index contributed by atoms with van der Waals surface area (Å²) in [5, 5.41) is 0. The van der Waals surface area contributed by atoms with Crippen LogP contribution in [-0.2, 0) is 24.8 Å². The highest BCUT2D eigenvalue weighted by atomic mass is 16.7. The van der Waals surface area contributed by atoms with Gasteiger partial charge in [0.1, 0.15) is 0 Å². The Morgan fingerprint density at radius 1 is 0.739 bits per heavy atom. The lowest BCUT2D eigenvalue weighted by molar-refractivity contribution is -0.205. The first-order valence-electron chi connectivity index (χ1n) is 6.91. The van der Waals surface area contributed by atoms with Crippen molar-refractivity contribution in [1.29, 1.82) is 0 Å². The standard InChI is InChI=1S/C18H12O5/c19-15-11-12-16(20)23-18(22-15,14-9-5-2-6-10-14)17(21)13-7-3-1-4-8-13/h1-12H. The first kappa shape index (κ1) is 14.7. The van der Waals surface area contributed by atoms with E-state index in [9.17, 15) is 14.4 Å². The first-order valence-corrected chi connectivity index (χ1v) is 6.91. The Bertz CT molecular complexity index is 758. The molecule has 0 radical (unpaired) electrons. The number of hydrogen-bond acceptors (Lipinski definition) is 5. The lowest BCUT2D eigenvalue weighted by Gasteiger charge is -2.29. The SMILES string of the molecule is O=C1C=CC(=O)OC(C(=O)c2ccccc2)(c2ccccc2)O1. The molecular formula is C18H12O5. The van der Waals surface area contributed by atoms with E-state index in [0.717, 1.165) is 12.2 Å². The Kier molecular flexibility index (Phi) is 3.76. The molecule has 0 bridgehead atoms. The van der Waals surface area contributed by atoms with Gasteiger partial charge in [0, 0.05) is 23.3 Å². The Morgan fingerprint density at radius 3 is 1.74 bits per heavy atom. The molecule has 3 rings (SSSR count). The first-order chi connectivity index (χ1) is 11.1. The van der Waals surface area contributed by atoms with Gasteiger partial charge < -0.3 is 9.47 Å². The summed E-state index contributed by atoms with van der Waals surface area (Å²) in [6.07, 6.45) is 1.87. The quantitative estimate of drug-likeness (QED) is 0.643. The van der Waals surface area contributed by atoms with Gasteiger partial charge in [-0.3, -0.25) is 4.79 Å². The van der Waals surface area contributed by atoms with E-state index in [1.54, 1.807) is 60.7 Å². The molecule has 5 heteroatoms. The van der Waals surface area contributed by atoms with Gasteiger partial charge in [0.15, 0.2) is 0 Å². The average molecular weight is 308 g/mol. The molecule has 1 heterocycles. The topological polar surface area (TPSA) is 69.7 Å². The van der Waals surface area contributed by atoms with E-state index in [1.807, 2.05) is 0 Å². The molecule has 0 atom stereocenters. The van der Waals surface area contributed by atoms with E-state index in [2.05, 4.69) is 0 Å². The van der Waals surface area contributed by atoms with E-state index in [0.29, 0.717) is 0 Å². The van der Waals surface area contributed by atoms with Crippen molar-refractivity contribution in [1.82, 2.24) is 0 Å². The third kappa shape index (κ3) is 2.76. The molecule has 114 valence electrons. The van der Waals surface area contributed by atoms with Crippen LogP contribution < -0.4 is 0 Å². The third-order valence-electron chi connectivity index (χ3n) is 3.33. The molecule has 2 aromatic carbocycles. The number of ether oxygens (including phenoxy) is 2. The summed E-state index contributed by atoms with van der Waals surface area (Å²) in [5.74, 6) is -4.43. The maximum atomic E-state index is 13.0. The van der Waals surface area contributed by atoms with E-state index in [1.165, 1.54) is 0 Å². The Morgan fingerprint density at radius 2 is 1.22 bits per heavy atom. The van der Waals surface area contributed by atoms with Gasteiger partial charge in [-0.15, -0.1) is 0 Å². The van der Waals surface area contributed by atoms with Crippen LogP contribution in [0.5, 0.6) is 0 Å². The molecule has 0 unspecified atom stereocenters. The molecule has 0 N–H and O–H groups in total. The van der Waals surface area contributed by atoms with Crippen LogP contribution in [0.4, 0.5) is 0 Å². The number of cyclic esters (lactones) is 2. The molecule has 0 amide bonds. The summed E-state index contributed by atoms with van der Waals surface area (Å²) >= 11 is 0. The van der Waals surface area contributed by atoms with E-state index in [4.69, 9.17) is 9.47 Å². The van der Waals surface area contributed by atoms with Crippen LogP contribution in [0.1, 0.15) is 15.9 Å². The second-order valence-corrected chi connectivity index (χ2v) is 4.85. The van der Waals surface area contributed by atoms with Crippen LogP contribution in [0, 0.1) is 0 Å². The van der Waals surface area contributed by atoms with Gasteiger partial charge >= 0.3 is 17.7 Å². The van der Waals surface area contributed by atoms with Crippen molar-refractivity contribution >= 4 is 17.7 Å². The fourth-order valence-corrected chi connectivity index (χ4v) is 2.29. The van der Waals surface area contributed by atoms with Crippen molar-refractivity contribution < 1.29 is 23.9 Å². The maximum Gasteiger partial charge on any atom is 0.348 e. The zero-order valence-electron chi connectivity index (χ0n) is 12.0. The molecule has 0 saturated heterocycles. The molecule has 1 aliphatic rings. The van der Waals surface area contributed by atoms with Gasteiger partial charge in [-0.25, -0.2) is 9.59 Å². The fourth-order valence-electron chi connectivity index (χ4n) is 2.29. The van der Waals surface area contributed by atoms with Crippen LogP contribution in [-0.4, -0.2) is 17.7 Å². The lowest BCUT2D eigenvalue weighted by atomic mass is 9.95. The molecule has 2 aromatic rings. The number of rotatable bonds is 3. The van der Waals surface area contributed by atoms with Gasteiger partial charge in [0.05, 0.1) is 0 Å². The third-order valence-corrected chi connectivity index (χ3v) is 3.33. The molecule has 0 fully saturated rings. The van der Waals surface area contributed by atoms with E-state index < -0.39 is 23.5 Å². The molecule has 0 aliphatic carbocycles. The normalized spacial score (nSPS) is 16.2. The minimum Gasteiger partial charge on any atom is -0.407 e. The van der Waals surface area contributed by atoms with Crippen LogP contribution in [0.15, 0.2) is 72.8 Å². The van der Waals surface area contributed by atoms with Gasteiger partial charge in [0.25, 0.3) is 5.78 Å². The zero-order chi connectivity index (χ0) is 16.3. The summed E-state index contributed by atoms with van der Waals surface area (Å²) in [6.45, 7) is 0. The molecular weight excluding hydrogens is 296 g/mol. The van der Waals surface area contributed by atoms with Crippen molar-refractivity contribution in [2.75, 3.05) is 0 Å². The average Bonchev–Trinajstić information content (AvgIpc) is 2.75. The Hall–Kier alpha value is -3.21. The highest BCUT2D eigenvalue weighted by Gasteiger charge is 2.49. The highest BCUT2D eigenvalue weighted by molar-refractivity contribution is 6.06. The smallest absolute Gasteiger partial charge is 0.348 e. The van der Waals surface area contributed by atoms with Gasteiger partial charge in [-0.1, -0.05) is 60.7 Å². The van der Waals surface area contributed by atoms with E-state index >= 15 is 0 Å². The minimum absolute atomic E-state index is 0.263. The van der Waals surface area contributed by atoms with Crippen LogP contribution >= 0.6 is 0 Å². The van der Waals surface area contributed by atoms with Crippen LogP contribution in [0.3, 0.4) is 0 Å². The summed E-state index contributed by atoms with van der Waals surface area (Å²) in [6, 6.07) is 16.4. The molecule has 23 heavy (non-hydrogen) atoms. The summed E-state index contributed by atoms with van der Waals surface area (Å²) in [7, 11) is 0. The molecule has 0 aromatic heterocycles. The van der Waals surface area contributed by atoms with Crippen LogP contribution in [0.2, 0.25) is 0 Å². The number of benzene rings is 2. The summed E-state index contributed by atoms with van der Waals surface area (Å²) in [5.41, 5.74) is 0.526. The molecule has 0 saturated carbocycles. The number of Topliss-reactive ketones (excluding diaryl/α,β-unsaturated/α-hetero) is 1. The number of ketones is 1. The second kappa shape index (κ2) is 5.88. The number of carbonyl (C=O) groups excluding carboxylic acids is 3. The summed E-state index contributed by atoms with van der Waals surface area (Å²) < 4.78 is 10.5.